The van der Waals surface area contributed by atoms with Gasteiger partial charge in [0.15, 0.2) is 0 Å². The molecular formula is C21H17Cl2Hf. The summed E-state index contributed by atoms with van der Waals surface area (Å²) < 4.78 is 1.55. The maximum Gasteiger partial charge on any atom is -1.00 e. The summed E-state index contributed by atoms with van der Waals surface area (Å²) in [5.41, 5.74) is 5.84. The first-order valence-electron chi connectivity index (χ1n) is 7.71. The monoisotopic (exact) mass is 519 g/mol. The van der Waals surface area contributed by atoms with Crippen LogP contribution in [0.15, 0.2) is 54.6 Å². The summed E-state index contributed by atoms with van der Waals surface area (Å²) in [5, 5.41) is 5.70. The quantitative estimate of drug-likeness (QED) is 0.368. The second-order valence-corrected chi connectivity index (χ2v) is 7.95. The molecule has 0 nitrogen and oxygen atoms in total. The molecule has 4 rings (SSSR count). The molecule has 2 aromatic rings. The summed E-state index contributed by atoms with van der Waals surface area (Å²) in [6, 6.07) is 13.5. The van der Waals surface area contributed by atoms with E-state index in [1.807, 2.05) is 0 Å². The summed E-state index contributed by atoms with van der Waals surface area (Å²) in [4.78, 5) is 0. The molecule has 2 aliphatic carbocycles. The Labute approximate surface area is 169 Å². The normalized spacial score (nSPS) is 13.7. The van der Waals surface area contributed by atoms with Crippen LogP contribution in [0.5, 0.6) is 0 Å². The second-order valence-electron chi connectivity index (χ2n) is 6.16. The molecule has 24 heavy (non-hydrogen) atoms. The average molecular weight is 519 g/mol. The van der Waals surface area contributed by atoms with Crippen molar-refractivity contribution in [2.45, 2.75) is 20.3 Å². The number of fused-ring (bicyclic) bond motifs is 2. The zero-order valence-corrected chi connectivity index (χ0v) is 18.8. The van der Waals surface area contributed by atoms with Gasteiger partial charge in [0.05, 0.1) is 0 Å². The van der Waals surface area contributed by atoms with Gasteiger partial charge in [-0.15, -0.1) is 0 Å². The fourth-order valence-corrected chi connectivity index (χ4v) is 5.26. The van der Waals surface area contributed by atoms with Gasteiger partial charge in [-0.2, -0.15) is 0 Å². The maximum absolute atomic E-state index is 2.33. The summed E-state index contributed by atoms with van der Waals surface area (Å²) in [5.74, 6) is 0. The van der Waals surface area contributed by atoms with E-state index in [0.29, 0.717) is 0 Å². The van der Waals surface area contributed by atoms with Gasteiger partial charge < -0.3 is 24.8 Å². The molecule has 0 spiro atoms. The van der Waals surface area contributed by atoms with Crippen LogP contribution in [0.1, 0.15) is 31.4 Å². The predicted octanol–water partition coefficient (Wildman–Crippen LogP) is -2.47. The maximum atomic E-state index is 2.33. The van der Waals surface area contributed by atoms with E-state index in [1.165, 1.54) is 43.1 Å². The molecule has 3 heteroatoms. The van der Waals surface area contributed by atoms with Gasteiger partial charge in [0.1, 0.15) is 0 Å². The first kappa shape index (κ1) is 19.4. The average Bonchev–Trinajstić information content (AvgIpc) is 3.15. The van der Waals surface area contributed by atoms with Gasteiger partial charge in [-0.3, -0.25) is 0 Å². The Morgan fingerprint density at radius 2 is 1.58 bits per heavy atom. The Kier molecular flexibility index (Phi) is 6.12. The van der Waals surface area contributed by atoms with Gasteiger partial charge in [-0.05, 0) is 0 Å². The van der Waals surface area contributed by atoms with Crippen LogP contribution < -0.4 is 35.3 Å². The van der Waals surface area contributed by atoms with E-state index in [0.717, 1.165) is 30.8 Å². The van der Waals surface area contributed by atoms with E-state index in [9.17, 15) is 0 Å². The van der Waals surface area contributed by atoms with E-state index < -0.39 is 0 Å². The predicted molar refractivity (Wildman–Crippen MR) is 88.8 cm³/mol. The molecule has 0 saturated heterocycles. The van der Waals surface area contributed by atoms with Crippen LogP contribution in [0.3, 0.4) is 0 Å². The summed E-state index contributed by atoms with van der Waals surface area (Å²) in [6.45, 7) is 4.45. The van der Waals surface area contributed by atoms with Crippen molar-refractivity contribution in [3.8, 4) is 0 Å². The minimum Gasteiger partial charge on any atom is -1.00 e. The minimum atomic E-state index is 0. The first-order valence-corrected chi connectivity index (χ1v) is 9.50. The largest absolute Gasteiger partial charge is 1.00 e. The zero-order valence-electron chi connectivity index (χ0n) is 13.7. The van der Waals surface area contributed by atoms with E-state index in [1.54, 1.807) is 3.33 Å². The molecule has 0 aromatic heterocycles. The molecule has 0 atom stereocenters. The first-order chi connectivity index (χ1) is 10.7. The van der Waals surface area contributed by atoms with Crippen LogP contribution in [0.4, 0.5) is 0 Å². The fourth-order valence-electron chi connectivity index (χ4n) is 3.54. The van der Waals surface area contributed by atoms with E-state index in [4.69, 9.17) is 0 Å². The van der Waals surface area contributed by atoms with E-state index in [-0.39, 0.29) is 24.8 Å². The Morgan fingerprint density at radius 3 is 2.21 bits per heavy atom. The SMILES string of the molecule is CC(C)=c1ccc2c(c1C1=CC=CC1)[C]([Hf+2])=c1ccccc1=2.[Cl-].[Cl-]. The van der Waals surface area contributed by atoms with Gasteiger partial charge >= 0.3 is 146 Å². The van der Waals surface area contributed by atoms with Crippen LogP contribution in [0.25, 0.3) is 14.5 Å². The fraction of sp³-hybridized carbons (Fsp3) is 0.143. The van der Waals surface area contributed by atoms with Crippen LogP contribution >= 0.6 is 0 Å². The van der Waals surface area contributed by atoms with Crippen molar-refractivity contribution in [2.75, 3.05) is 0 Å². The van der Waals surface area contributed by atoms with Gasteiger partial charge in [-0.25, -0.2) is 0 Å². The molecule has 2 aromatic carbocycles. The minimum absolute atomic E-state index is 0. The van der Waals surface area contributed by atoms with Gasteiger partial charge in [0.2, 0.25) is 0 Å². The topological polar surface area (TPSA) is 0 Å². The van der Waals surface area contributed by atoms with Crippen molar-refractivity contribution in [1.82, 2.24) is 0 Å². The molecule has 0 fully saturated rings. The third-order valence-electron chi connectivity index (χ3n) is 4.57. The van der Waals surface area contributed by atoms with E-state index >= 15 is 0 Å². The standard InChI is InChI=1S/C21H17.2ClH.Hf/c1-14(2)17-11-12-19-18-10-6-5-9-16(18)13-20(19)21(17)15-7-3-4-8-15;;;/h3-7,9-12H,8H2,1-2H3;2*1H;/q;;;+2/p-2. The molecule has 0 unspecified atom stereocenters. The molecule has 119 valence electrons. The Bertz CT molecular complexity index is 1070. The molecule has 2 aliphatic rings. The number of hydrogen-bond acceptors (Lipinski definition) is 0. The van der Waals surface area contributed by atoms with Crippen LogP contribution in [-0.4, -0.2) is 0 Å². The number of benzene rings is 2. The number of hydrogen-bond donors (Lipinski definition) is 0. The van der Waals surface area contributed by atoms with Gasteiger partial charge in [0.25, 0.3) is 0 Å². The molecule has 0 aliphatic heterocycles. The van der Waals surface area contributed by atoms with Gasteiger partial charge in [-0.1, -0.05) is 0 Å². The molecule has 0 radical (unpaired) electrons. The molecular weight excluding hydrogens is 502 g/mol. The number of rotatable bonds is 1. The van der Waals surface area contributed by atoms with Crippen LogP contribution in [-0.2, 0) is 24.4 Å². The molecule has 0 N–H and O–H groups in total. The van der Waals surface area contributed by atoms with Crippen molar-refractivity contribution in [3.05, 3.63) is 86.6 Å². The molecule has 0 saturated carbocycles. The summed E-state index contributed by atoms with van der Waals surface area (Å²) >= 11 is 1.08. The van der Waals surface area contributed by atoms with Crippen molar-refractivity contribution < 1.29 is 49.2 Å². The zero-order chi connectivity index (χ0) is 15.3. The van der Waals surface area contributed by atoms with Crippen molar-refractivity contribution in [2.24, 2.45) is 0 Å². The molecule has 0 bridgehead atoms. The number of allylic oxidation sites excluding steroid dienone is 4. The smallest absolute Gasteiger partial charge is 1.00 e. The van der Waals surface area contributed by atoms with Gasteiger partial charge in [0, 0.05) is 0 Å². The Morgan fingerprint density at radius 1 is 0.875 bits per heavy atom. The summed E-state index contributed by atoms with van der Waals surface area (Å²) in [7, 11) is 0. The molecule has 0 amide bonds. The van der Waals surface area contributed by atoms with Crippen molar-refractivity contribution in [1.29, 1.82) is 0 Å². The van der Waals surface area contributed by atoms with Crippen LogP contribution in [0.2, 0.25) is 0 Å². The van der Waals surface area contributed by atoms with Crippen LogP contribution in [0, 0.1) is 10.4 Å². The number of halogens is 2. The summed E-state index contributed by atoms with van der Waals surface area (Å²) in [6.07, 6.45) is 7.80. The van der Waals surface area contributed by atoms with Crippen molar-refractivity contribution >= 4 is 14.5 Å². The third kappa shape index (κ3) is 2.92. The molecule has 0 heterocycles. The van der Waals surface area contributed by atoms with E-state index in [2.05, 4.69) is 68.5 Å². The second kappa shape index (κ2) is 7.56. The third-order valence-corrected chi connectivity index (χ3v) is 6.44. The van der Waals surface area contributed by atoms with Crippen molar-refractivity contribution in [3.63, 3.8) is 0 Å². The Hall–Kier alpha value is -0.890. The Balaban J connectivity index is 0.00000104.